The van der Waals surface area contributed by atoms with Gasteiger partial charge in [0.15, 0.2) is 0 Å². The molecule has 0 aliphatic heterocycles. The van der Waals surface area contributed by atoms with E-state index in [0.29, 0.717) is 30.5 Å². The van der Waals surface area contributed by atoms with Crippen LogP contribution in [0.3, 0.4) is 0 Å². The Morgan fingerprint density at radius 1 is 0.909 bits per heavy atom. The highest BCUT2D eigenvalue weighted by molar-refractivity contribution is 5.81. The first kappa shape index (κ1) is 17.4. The summed E-state index contributed by atoms with van der Waals surface area (Å²) in [5.41, 5.74) is 0. The number of esters is 1. The second kappa shape index (κ2) is 8.63. The van der Waals surface area contributed by atoms with Gasteiger partial charge in [-0.3, -0.25) is 9.59 Å². The molecule has 4 unspecified atom stereocenters. The van der Waals surface area contributed by atoms with Crippen LogP contribution in [0.4, 0.5) is 0 Å². The van der Waals surface area contributed by atoms with E-state index in [9.17, 15) is 9.59 Å². The number of aliphatic hydroxyl groups is 2. The van der Waals surface area contributed by atoms with E-state index in [-0.39, 0.29) is 37.6 Å². The van der Waals surface area contributed by atoms with Gasteiger partial charge in [-0.25, -0.2) is 0 Å². The zero-order valence-electron chi connectivity index (χ0n) is 13.2. The summed E-state index contributed by atoms with van der Waals surface area (Å²) in [5.74, 6) is 1.34. The molecule has 0 amide bonds. The lowest BCUT2D eigenvalue weighted by molar-refractivity contribution is -0.152. The standard InChI is InChI=1S/C17H28O5/c18-7-1-2-16(20)14-5-3-13-11-15(6-4-12(13)10-14)17(21)22-9-8-19/h12-15,18-19H,1-11H2. The van der Waals surface area contributed by atoms with Crippen LogP contribution in [-0.4, -0.2) is 41.8 Å². The number of ketones is 1. The average Bonchev–Trinajstić information content (AvgIpc) is 2.56. The third kappa shape index (κ3) is 4.53. The molecule has 2 aliphatic carbocycles. The van der Waals surface area contributed by atoms with Crippen molar-refractivity contribution in [2.45, 2.75) is 51.4 Å². The molecule has 0 bridgehead atoms. The lowest BCUT2D eigenvalue weighted by atomic mass is 9.64. The maximum atomic E-state index is 12.1. The van der Waals surface area contributed by atoms with Crippen molar-refractivity contribution in [1.29, 1.82) is 0 Å². The van der Waals surface area contributed by atoms with Crippen LogP contribution in [0, 0.1) is 23.7 Å². The van der Waals surface area contributed by atoms with E-state index in [1.54, 1.807) is 0 Å². The van der Waals surface area contributed by atoms with Gasteiger partial charge >= 0.3 is 5.97 Å². The van der Waals surface area contributed by atoms with Crippen molar-refractivity contribution < 1.29 is 24.5 Å². The first-order valence-electron chi connectivity index (χ1n) is 8.56. The molecule has 5 nitrogen and oxygen atoms in total. The maximum absolute atomic E-state index is 12.1. The van der Waals surface area contributed by atoms with E-state index < -0.39 is 0 Å². The van der Waals surface area contributed by atoms with Crippen LogP contribution in [-0.2, 0) is 14.3 Å². The van der Waals surface area contributed by atoms with Crippen LogP contribution in [0.5, 0.6) is 0 Å². The molecular formula is C17H28O5. The molecule has 0 spiro atoms. The van der Waals surface area contributed by atoms with Gasteiger partial charge in [0.1, 0.15) is 12.4 Å². The first-order valence-corrected chi connectivity index (χ1v) is 8.56. The fourth-order valence-electron chi connectivity index (χ4n) is 4.12. The molecule has 2 N–H and O–H groups in total. The molecule has 2 fully saturated rings. The van der Waals surface area contributed by atoms with Crippen LogP contribution in [0.1, 0.15) is 51.4 Å². The highest BCUT2D eigenvalue weighted by atomic mass is 16.5. The third-order valence-corrected chi connectivity index (χ3v) is 5.32. The van der Waals surface area contributed by atoms with Crippen molar-refractivity contribution in [3.63, 3.8) is 0 Å². The number of hydrogen-bond donors (Lipinski definition) is 2. The Kier molecular flexibility index (Phi) is 6.83. The quantitative estimate of drug-likeness (QED) is 0.699. The number of ether oxygens (including phenoxy) is 1. The Hall–Kier alpha value is -0.940. The summed E-state index contributed by atoms with van der Waals surface area (Å²) in [5, 5.41) is 17.6. The Labute approximate surface area is 132 Å². The average molecular weight is 312 g/mol. The number of carbonyl (C=O) groups excluding carboxylic acids is 2. The normalized spacial score (nSPS) is 31.4. The van der Waals surface area contributed by atoms with Gasteiger partial charge in [0.25, 0.3) is 0 Å². The molecule has 0 aromatic carbocycles. The van der Waals surface area contributed by atoms with Crippen LogP contribution in [0.2, 0.25) is 0 Å². The van der Waals surface area contributed by atoms with Gasteiger partial charge in [-0.05, 0) is 56.8 Å². The van der Waals surface area contributed by atoms with Gasteiger partial charge in [0, 0.05) is 18.9 Å². The van der Waals surface area contributed by atoms with Gasteiger partial charge in [0.2, 0.25) is 0 Å². The van der Waals surface area contributed by atoms with Crippen LogP contribution >= 0.6 is 0 Å². The lowest BCUT2D eigenvalue weighted by Gasteiger charge is -2.41. The van der Waals surface area contributed by atoms with Gasteiger partial charge in [-0.2, -0.15) is 0 Å². The first-order chi connectivity index (χ1) is 10.7. The van der Waals surface area contributed by atoms with Gasteiger partial charge < -0.3 is 14.9 Å². The van der Waals surface area contributed by atoms with Crippen molar-refractivity contribution in [2.24, 2.45) is 23.7 Å². The van der Waals surface area contributed by atoms with E-state index in [1.807, 2.05) is 0 Å². The molecular weight excluding hydrogens is 284 g/mol. The van der Waals surface area contributed by atoms with Crippen LogP contribution in [0.25, 0.3) is 0 Å². The molecule has 126 valence electrons. The topological polar surface area (TPSA) is 83.8 Å². The van der Waals surface area contributed by atoms with E-state index in [4.69, 9.17) is 14.9 Å². The second-order valence-electron chi connectivity index (χ2n) is 6.72. The minimum atomic E-state index is -0.173. The zero-order chi connectivity index (χ0) is 15.9. The summed E-state index contributed by atoms with van der Waals surface area (Å²) in [6, 6.07) is 0. The van der Waals surface area contributed by atoms with E-state index in [2.05, 4.69) is 0 Å². The summed E-state index contributed by atoms with van der Waals surface area (Å²) in [6.45, 7) is 0.0507. The smallest absolute Gasteiger partial charge is 0.309 e. The molecule has 0 saturated heterocycles. The minimum absolute atomic E-state index is 0.0329. The molecule has 0 heterocycles. The Balaban J connectivity index is 1.80. The van der Waals surface area contributed by atoms with E-state index in [1.165, 1.54) is 0 Å². The summed E-state index contributed by atoms with van der Waals surface area (Å²) in [4.78, 5) is 24.0. The number of carbonyl (C=O) groups is 2. The number of fused-ring (bicyclic) bond motifs is 1. The van der Waals surface area contributed by atoms with Crippen molar-refractivity contribution in [2.75, 3.05) is 19.8 Å². The second-order valence-corrected chi connectivity index (χ2v) is 6.72. The number of rotatable bonds is 7. The SMILES string of the molecule is O=C(CCCO)C1CCC2CC(C(=O)OCCO)CCC2C1. The fourth-order valence-corrected chi connectivity index (χ4v) is 4.12. The van der Waals surface area contributed by atoms with Crippen LogP contribution < -0.4 is 0 Å². The Bertz CT molecular complexity index is 345. The molecule has 0 aromatic rings. The summed E-state index contributed by atoms with van der Waals surface area (Å²) < 4.78 is 5.05. The largest absolute Gasteiger partial charge is 0.463 e. The van der Waals surface area contributed by atoms with Gasteiger partial charge in [0.05, 0.1) is 12.5 Å². The zero-order valence-corrected chi connectivity index (χ0v) is 13.2. The maximum Gasteiger partial charge on any atom is 0.309 e. The number of hydrogen-bond acceptors (Lipinski definition) is 5. The predicted molar refractivity (Wildman–Crippen MR) is 81.0 cm³/mol. The predicted octanol–water partition coefficient (Wildman–Crippen LogP) is 1.70. The lowest BCUT2D eigenvalue weighted by Crippen LogP contribution is -2.36. The van der Waals surface area contributed by atoms with Crippen LogP contribution in [0.15, 0.2) is 0 Å². The van der Waals surface area contributed by atoms with Gasteiger partial charge in [-0.1, -0.05) is 0 Å². The molecule has 0 aromatic heterocycles. The van der Waals surface area contributed by atoms with Crippen molar-refractivity contribution in [3.05, 3.63) is 0 Å². The number of aliphatic hydroxyl groups excluding tert-OH is 2. The van der Waals surface area contributed by atoms with Crippen molar-refractivity contribution in [1.82, 2.24) is 0 Å². The summed E-state index contributed by atoms with van der Waals surface area (Å²) in [6.07, 6.45) is 6.65. The third-order valence-electron chi connectivity index (χ3n) is 5.32. The minimum Gasteiger partial charge on any atom is -0.463 e. The molecule has 2 rings (SSSR count). The monoisotopic (exact) mass is 312 g/mol. The van der Waals surface area contributed by atoms with E-state index in [0.717, 1.165) is 38.5 Å². The van der Waals surface area contributed by atoms with Crippen molar-refractivity contribution in [3.8, 4) is 0 Å². The van der Waals surface area contributed by atoms with Gasteiger partial charge in [-0.15, -0.1) is 0 Å². The Morgan fingerprint density at radius 2 is 1.55 bits per heavy atom. The molecule has 0 radical (unpaired) electrons. The van der Waals surface area contributed by atoms with E-state index >= 15 is 0 Å². The summed E-state index contributed by atoms with van der Waals surface area (Å²) in [7, 11) is 0. The molecule has 22 heavy (non-hydrogen) atoms. The Morgan fingerprint density at radius 3 is 2.18 bits per heavy atom. The molecule has 2 aliphatic rings. The molecule has 2 saturated carbocycles. The molecule has 4 atom stereocenters. The van der Waals surface area contributed by atoms with Crippen molar-refractivity contribution >= 4 is 11.8 Å². The number of Topliss-reactive ketones (excluding diaryl/α,β-unsaturated/α-hetero) is 1. The fraction of sp³-hybridized carbons (Fsp3) is 0.882. The highest BCUT2D eigenvalue weighted by Crippen LogP contribution is 2.45. The molecule has 5 heteroatoms. The summed E-state index contributed by atoms with van der Waals surface area (Å²) >= 11 is 0. The highest BCUT2D eigenvalue weighted by Gasteiger charge is 2.39.